The first-order valence-corrected chi connectivity index (χ1v) is 13.4. The molecule has 0 bridgehead atoms. The quantitative estimate of drug-likeness (QED) is 0.196. The maximum Gasteiger partial charge on any atom is 0.329 e. The third-order valence-corrected chi connectivity index (χ3v) is 7.15. The number of nitrogens with one attached hydrogen (secondary N) is 2. The van der Waals surface area contributed by atoms with E-state index in [0.29, 0.717) is 23.1 Å². The van der Waals surface area contributed by atoms with Gasteiger partial charge in [0.15, 0.2) is 0 Å². The smallest absolute Gasteiger partial charge is 0.329 e. The van der Waals surface area contributed by atoms with Crippen molar-refractivity contribution < 1.29 is 19.1 Å². The van der Waals surface area contributed by atoms with Crippen LogP contribution >= 0.6 is 11.6 Å². The van der Waals surface area contributed by atoms with Crippen LogP contribution in [0.4, 0.5) is 10.5 Å². The lowest BCUT2D eigenvalue weighted by Crippen LogP contribution is -2.38. The molecule has 1 saturated heterocycles. The maximum absolute atomic E-state index is 13.0. The Morgan fingerprint density at radius 1 is 0.976 bits per heavy atom. The van der Waals surface area contributed by atoms with E-state index in [-0.39, 0.29) is 12.2 Å². The minimum absolute atomic E-state index is 0.113. The highest BCUT2D eigenvalue weighted by Crippen LogP contribution is 2.26. The Labute approximate surface area is 243 Å². The first-order chi connectivity index (χ1) is 19.7. The summed E-state index contributed by atoms with van der Waals surface area (Å²) in [6.07, 6.45) is 1.64. The molecule has 0 aliphatic carbocycles. The van der Waals surface area contributed by atoms with E-state index >= 15 is 0 Å². The number of anilines is 1. The summed E-state index contributed by atoms with van der Waals surface area (Å²) < 4.78 is 7.96. The van der Waals surface area contributed by atoms with Gasteiger partial charge in [0.2, 0.25) is 5.91 Å². The molecule has 5 rings (SSSR count). The van der Waals surface area contributed by atoms with Gasteiger partial charge in [0.25, 0.3) is 5.91 Å². The zero-order valence-corrected chi connectivity index (χ0v) is 23.7. The molecule has 3 aromatic carbocycles. The average molecular weight is 569 g/mol. The molecule has 2 heterocycles. The van der Waals surface area contributed by atoms with Gasteiger partial charge >= 0.3 is 6.03 Å². The van der Waals surface area contributed by atoms with Crippen molar-refractivity contribution in [2.45, 2.75) is 27.4 Å². The highest BCUT2D eigenvalue weighted by atomic mass is 35.5. The van der Waals surface area contributed by atoms with Gasteiger partial charge in [0.05, 0.1) is 0 Å². The van der Waals surface area contributed by atoms with E-state index in [9.17, 15) is 14.4 Å². The number of hydrogen-bond acceptors (Lipinski definition) is 4. The van der Waals surface area contributed by atoms with Gasteiger partial charge in [-0.15, -0.1) is 0 Å². The summed E-state index contributed by atoms with van der Waals surface area (Å²) in [5.41, 5.74) is 6.14. The fourth-order valence-corrected chi connectivity index (χ4v) is 4.93. The molecule has 0 atom stereocenters. The normalized spacial score (nSPS) is 14.0. The maximum atomic E-state index is 13.0. The molecule has 9 heteroatoms. The van der Waals surface area contributed by atoms with Gasteiger partial charge in [-0.05, 0) is 86.5 Å². The van der Waals surface area contributed by atoms with Gasteiger partial charge in [0, 0.05) is 33.3 Å². The van der Waals surface area contributed by atoms with E-state index in [4.69, 9.17) is 16.3 Å². The van der Waals surface area contributed by atoms with Crippen molar-refractivity contribution in [3.8, 4) is 11.4 Å². The van der Waals surface area contributed by atoms with Crippen LogP contribution in [0.15, 0.2) is 84.6 Å². The summed E-state index contributed by atoms with van der Waals surface area (Å²) in [7, 11) is 0. The number of nitrogens with zero attached hydrogens (tertiary/aromatic N) is 2. The molecular formula is C32H29ClN4O4. The fourth-order valence-electron chi connectivity index (χ4n) is 4.74. The first kappa shape index (κ1) is 27.7. The highest BCUT2D eigenvalue weighted by Gasteiger charge is 2.35. The van der Waals surface area contributed by atoms with Crippen LogP contribution in [-0.4, -0.2) is 33.9 Å². The summed E-state index contributed by atoms with van der Waals surface area (Å²) in [5, 5.41) is 5.99. The molecule has 0 spiro atoms. The van der Waals surface area contributed by atoms with Gasteiger partial charge in [-0.1, -0.05) is 41.9 Å². The summed E-state index contributed by atoms with van der Waals surface area (Å²) >= 11 is 6.22. The van der Waals surface area contributed by atoms with E-state index < -0.39 is 17.8 Å². The number of aryl methyl sites for hydroxylation is 2. The van der Waals surface area contributed by atoms with Crippen LogP contribution in [0.1, 0.15) is 28.1 Å². The third-order valence-electron chi connectivity index (χ3n) is 6.78. The SMILES string of the molecule is Cc1cccc(NC(=O)CN2C(=O)N/C(=C/c3cc(C)n(-c4ccc(OCc5ccccc5Cl)cc4)c3C)C2=O)c1. The molecule has 1 aliphatic rings. The monoisotopic (exact) mass is 568 g/mol. The van der Waals surface area contributed by atoms with Gasteiger partial charge < -0.3 is 19.9 Å². The molecule has 4 aromatic rings. The minimum Gasteiger partial charge on any atom is -0.489 e. The lowest BCUT2D eigenvalue weighted by molar-refractivity contribution is -0.127. The van der Waals surface area contributed by atoms with Crippen molar-refractivity contribution in [2.75, 3.05) is 11.9 Å². The van der Waals surface area contributed by atoms with E-state index in [0.717, 1.165) is 38.7 Å². The molecule has 1 aromatic heterocycles. The number of aromatic nitrogens is 1. The van der Waals surface area contributed by atoms with Crippen LogP contribution in [0.5, 0.6) is 5.75 Å². The summed E-state index contributed by atoms with van der Waals surface area (Å²) in [5.74, 6) is -0.304. The number of rotatable bonds is 8. The Kier molecular flexibility index (Phi) is 7.94. The number of urea groups is 1. The predicted octanol–water partition coefficient (Wildman–Crippen LogP) is 6.17. The van der Waals surface area contributed by atoms with E-state index in [1.54, 1.807) is 12.1 Å². The minimum atomic E-state index is -0.637. The fraction of sp³-hybridized carbons (Fsp3) is 0.156. The number of hydrogen-bond donors (Lipinski definition) is 2. The second-order valence-electron chi connectivity index (χ2n) is 9.83. The highest BCUT2D eigenvalue weighted by molar-refractivity contribution is 6.31. The van der Waals surface area contributed by atoms with Crippen molar-refractivity contribution in [2.24, 2.45) is 0 Å². The molecule has 4 amide bonds. The topological polar surface area (TPSA) is 92.7 Å². The number of imide groups is 1. The second kappa shape index (κ2) is 11.7. The molecule has 8 nitrogen and oxygen atoms in total. The molecule has 1 fully saturated rings. The standard InChI is InChI=1S/C32H29ClN4O4/c1-20-7-6-9-25(15-20)34-30(38)18-36-31(39)29(35-32(36)40)17-24-16-21(2)37(22(24)3)26-11-13-27(14-12-26)41-19-23-8-4-5-10-28(23)33/h4-17H,18-19H2,1-3H3,(H,34,38)(H,35,40)/b29-17+. The van der Waals surface area contributed by atoms with E-state index in [2.05, 4.69) is 15.2 Å². The van der Waals surface area contributed by atoms with Gasteiger partial charge in [-0.25, -0.2) is 9.69 Å². The average Bonchev–Trinajstić information content (AvgIpc) is 3.37. The van der Waals surface area contributed by atoms with Gasteiger partial charge in [0.1, 0.15) is 24.6 Å². The number of benzene rings is 3. The Morgan fingerprint density at radius 3 is 2.46 bits per heavy atom. The number of amides is 4. The molecule has 0 radical (unpaired) electrons. The Morgan fingerprint density at radius 2 is 1.73 bits per heavy atom. The van der Waals surface area contributed by atoms with Crippen molar-refractivity contribution in [3.63, 3.8) is 0 Å². The van der Waals surface area contributed by atoms with Crippen LogP contribution in [0, 0.1) is 20.8 Å². The molecule has 0 unspecified atom stereocenters. The Balaban J connectivity index is 1.28. The van der Waals surface area contributed by atoms with Gasteiger partial charge in [-0.3, -0.25) is 9.59 Å². The Hall–Kier alpha value is -4.82. The van der Waals surface area contributed by atoms with Crippen LogP contribution in [0.3, 0.4) is 0 Å². The predicted molar refractivity (Wildman–Crippen MR) is 159 cm³/mol. The molecule has 41 heavy (non-hydrogen) atoms. The van der Waals surface area contributed by atoms with Gasteiger partial charge in [-0.2, -0.15) is 0 Å². The largest absolute Gasteiger partial charge is 0.489 e. The third kappa shape index (κ3) is 6.18. The van der Waals surface area contributed by atoms with Crippen molar-refractivity contribution in [3.05, 3.63) is 118 Å². The zero-order chi connectivity index (χ0) is 29.1. The summed E-state index contributed by atoms with van der Waals surface area (Å²) in [4.78, 5) is 39.0. The first-order valence-electron chi connectivity index (χ1n) is 13.1. The number of carbonyl (C=O) groups is 3. The zero-order valence-electron chi connectivity index (χ0n) is 22.9. The second-order valence-corrected chi connectivity index (χ2v) is 10.2. The van der Waals surface area contributed by atoms with Crippen LogP contribution in [0.25, 0.3) is 11.8 Å². The molecule has 2 N–H and O–H groups in total. The Bertz CT molecular complexity index is 1670. The summed E-state index contributed by atoms with van der Waals surface area (Å²) in [6, 6.07) is 23.8. The summed E-state index contributed by atoms with van der Waals surface area (Å²) in [6.45, 7) is 5.79. The number of halogens is 1. The lowest BCUT2D eigenvalue weighted by Gasteiger charge is -2.12. The number of carbonyl (C=O) groups excluding carboxylic acids is 3. The van der Waals surface area contributed by atoms with Crippen molar-refractivity contribution >= 4 is 41.2 Å². The van der Waals surface area contributed by atoms with Crippen molar-refractivity contribution in [1.82, 2.24) is 14.8 Å². The molecule has 208 valence electrons. The van der Waals surface area contributed by atoms with Crippen molar-refractivity contribution in [1.29, 1.82) is 0 Å². The lowest BCUT2D eigenvalue weighted by atomic mass is 10.2. The van der Waals surface area contributed by atoms with E-state index in [1.165, 1.54) is 0 Å². The van der Waals surface area contributed by atoms with Crippen LogP contribution < -0.4 is 15.4 Å². The molecule has 1 aliphatic heterocycles. The van der Waals surface area contributed by atoms with Crippen LogP contribution in [-0.2, 0) is 16.2 Å². The molecular weight excluding hydrogens is 540 g/mol. The number of ether oxygens (including phenoxy) is 1. The van der Waals surface area contributed by atoms with E-state index in [1.807, 2.05) is 93.6 Å². The molecule has 0 saturated carbocycles. The van der Waals surface area contributed by atoms with Crippen LogP contribution in [0.2, 0.25) is 5.02 Å².